The number of hydrogen-bond acceptors (Lipinski definition) is 3. The monoisotopic (exact) mass is 308 g/mol. The van der Waals surface area contributed by atoms with Crippen LogP contribution in [0.25, 0.3) is 0 Å². The summed E-state index contributed by atoms with van der Waals surface area (Å²) in [6.45, 7) is 7.10. The molecule has 0 aromatic carbocycles. The van der Waals surface area contributed by atoms with Crippen molar-refractivity contribution in [2.45, 2.75) is 51.6 Å². The molecule has 7 heteroatoms. The van der Waals surface area contributed by atoms with Crippen LogP contribution < -0.4 is 5.32 Å². The molecule has 1 aromatic rings. The normalized spacial score (nSPS) is 19.0. The fraction of sp³-hybridized carbons (Fsp3) is 0.667. The third-order valence-electron chi connectivity index (χ3n) is 3.57. The molecule has 1 aromatic heterocycles. The van der Waals surface area contributed by atoms with Crippen LogP contribution in [0, 0.1) is 0 Å². The van der Waals surface area contributed by atoms with E-state index in [-0.39, 0.29) is 24.0 Å². The number of carboxylic acid groups (broad SMARTS) is 1. The maximum Gasteiger partial charge on any atom is 0.325 e. The van der Waals surface area contributed by atoms with Crippen molar-refractivity contribution in [3.63, 3.8) is 0 Å². The highest BCUT2D eigenvalue weighted by molar-refractivity contribution is 5.75. The number of carboxylic acids is 1. The lowest BCUT2D eigenvalue weighted by molar-refractivity contribution is -0.137. The summed E-state index contributed by atoms with van der Waals surface area (Å²) >= 11 is 0. The molecule has 0 saturated carbocycles. The van der Waals surface area contributed by atoms with Crippen molar-refractivity contribution in [3.05, 3.63) is 18.0 Å². The van der Waals surface area contributed by atoms with E-state index < -0.39 is 5.97 Å². The van der Waals surface area contributed by atoms with Gasteiger partial charge in [-0.05, 0) is 39.7 Å². The Labute approximate surface area is 130 Å². The van der Waals surface area contributed by atoms with Crippen LogP contribution in [0.15, 0.2) is 12.3 Å². The molecule has 7 nitrogen and oxygen atoms in total. The van der Waals surface area contributed by atoms with Crippen LogP contribution in [-0.2, 0) is 11.3 Å². The molecule has 0 radical (unpaired) electrons. The van der Waals surface area contributed by atoms with Gasteiger partial charge in [-0.1, -0.05) is 0 Å². The van der Waals surface area contributed by atoms with Gasteiger partial charge < -0.3 is 15.3 Å². The summed E-state index contributed by atoms with van der Waals surface area (Å²) in [6.07, 6.45) is 3.56. The minimum atomic E-state index is -0.913. The first-order valence-electron chi connectivity index (χ1n) is 7.57. The Balaban J connectivity index is 1.99. The van der Waals surface area contributed by atoms with E-state index in [1.54, 1.807) is 6.20 Å². The summed E-state index contributed by atoms with van der Waals surface area (Å²) in [6, 6.07) is 1.79. The number of urea groups is 1. The topological polar surface area (TPSA) is 87.5 Å². The second kappa shape index (κ2) is 6.37. The summed E-state index contributed by atoms with van der Waals surface area (Å²) < 4.78 is 1.42. The number of rotatable bonds is 3. The van der Waals surface area contributed by atoms with E-state index in [2.05, 4.69) is 10.4 Å². The van der Waals surface area contributed by atoms with Gasteiger partial charge in [0.1, 0.15) is 6.54 Å². The molecule has 2 N–H and O–H groups in total. The predicted molar refractivity (Wildman–Crippen MR) is 81.7 cm³/mol. The van der Waals surface area contributed by atoms with Crippen LogP contribution >= 0.6 is 0 Å². The quantitative estimate of drug-likeness (QED) is 0.889. The molecule has 1 aliphatic heterocycles. The standard InChI is InChI=1S/C15H24N4O3/c1-15(2,3)16-14(22)18-7-4-5-11(9-18)12-6-8-19(17-12)10-13(20)21/h6,8,11H,4-5,7,9-10H2,1-3H3,(H,16,22)(H,20,21)/t11-/m0/s1. The van der Waals surface area contributed by atoms with Crippen LogP contribution in [-0.4, -0.2) is 50.4 Å². The fourth-order valence-electron chi connectivity index (χ4n) is 2.62. The van der Waals surface area contributed by atoms with E-state index in [1.165, 1.54) is 4.68 Å². The third kappa shape index (κ3) is 4.47. The minimum absolute atomic E-state index is 0.0535. The van der Waals surface area contributed by atoms with Crippen LogP contribution in [0.5, 0.6) is 0 Å². The summed E-state index contributed by atoms with van der Waals surface area (Å²) in [5, 5.41) is 16.1. The second-order valence-corrected chi connectivity index (χ2v) is 6.80. The molecular weight excluding hydrogens is 284 g/mol. The summed E-state index contributed by atoms with van der Waals surface area (Å²) in [7, 11) is 0. The Kier molecular flexibility index (Phi) is 4.73. The summed E-state index contributed by atoms with van der Waals surface area (Å²) in [4.78, 5) is 24.8. The summed E-state index contributed by atoms with van der Waals surface area (Å²) in [5.74, 6) is -0.751. The van der Waals surface area contributed by atoms with Crippen LogP contribution in [0.1, 0.15) is 45.2 Å². The van der Waals surface area contributed by atoms with E-state index in [0.717, 1.165) is 25.1 Å². The van der Waals surface area contributed by atoms with Crippen molar-refractivity contribution < 1.29 is 14.7 Å². The van der Waals surface area contributed by atoms with Crippen molar-refractivity contribution in [2.24, 2.45) is 0 Å². The van der Waals surface area contributed by atoms with Gasteiger partial charge in [0.2, 0.25) is 0 Å². The number of carbonyl (C=O) groups excluding carboxylic acids is 1. The number of likely N-dealkylation sites (tertiary alicyclic amines) is 1. The number of aromatic nitrogens is 2. The predicted octanol–water partition coefficient (Wildman–Crippen LogP) is 1.66. The number of nitrogens with one attached hydrogen (secondary N) is 1. The number of nitrogens with zero attached hydrogens (tertiary/aromatic N) is 3. The minimum Gasteiger partial charge on any atom is -0.480 e. The molecule has 0 spiro atoms. The third-order valence-corrected chi connectivity index (χ3v) is 3.57. The Bertz CT molecular complexity index is 547. The average molecular weight is 308 g/mol. The van der Waals surface area contributed by atoms with Gasteiger partial charge in [0.05, 0.1) is 5.69 Å². The number of hydrogen-bond donors (Lipinski definition) is 2. The Morgan fingerprint density at radius 1 is 1.45 bits per heavy atom. The smallest absolute Gasteiger partial charge is 0.325 e. The average Bonchev–Trinajstić information content (AvgIpc) is 2.84. The van der Waals surface area contributed by atoms with Crippen LogP contribution in [0.4, 0.5) is 4.79 Å². The Hall–Kier alpha value is -2.05. The molecule has 2 rings (SSSR count). The largest absolute Gasteiger partial charge is 0.480 e. The van der Waals surface area contributed by atoms with Crippen LogP contribution in [0.2, 0.25) is 0 Å². The Morgan fingerprint density at radius 3 is 2.82 bits per heavy atom. The molecule has 22 heavy (non-hydrogen) atoms. The van der Waals surface area contributed by atoms with E-state index in [4.69, 9.17) is 5.11 Å². The molecule has 1 atom stereocenters. The zero-order valence-electron chi connectivity index (χ0n) is 13.4. The maximum absolute atomic E-state index is 12.3. The van der Waals surface area contributed by atoms with Crippen molar-refractivity contribution in [3.8, 4) is 0 Å². The number of amides is 2. The first-order valence-corrected chi connectivity index (χ1v) is 7.57. The molecule has 1 fully saturated rings. The molecule has 1 saturated heterocycles. The lowest BCUT2D eigenvalue weighted by atomic mass is 9.95. The molecule has 2 heterocycles. The molecule has 2 amide bonds. The maximum atomic E-state index is 12.3. The zero-order chi connectivity index (χ0) is 16.3. The second-order valence-electron chi connectivity index (χ2n) is 6.80. The van der Waals surface area contributed by atoms with Crippen molar-refractivity contribution >= 4 is 12.0 Å². The zero-order valence-corrected chi connectivity index (χ0v) is 13.4. The Morgan fingerprint density at radius 2 is 2.18 bits per heavy atom. The molecule has 1 aliphatic rings. The van der Waals surface area contributed by atoms with Crippen molar-refractivity contribution in [1.29, 1.82) is 0 Å². The molecule has 0 bridgehead atoms. The van der Waals surface area contributed by atoms with E-state index in [0.29, 0.717) is 6.54 Å². The molecule has 0 unspecified atom stereocenters. The lowest BCUT2D eigenvalue weighted by Crippen LogP contribution is -2.51. The SMILES string of the molecule is CC(C)(C)NC(=O)N1CCC[C@H](c2ccn(CC(=O)O)n2)C1. The van der Waals surface area contributed by atoms with Gasteiger partial charge in [-0.15, -0.1) is 0 Å². The fourth-order valence-corrected chi connectivity index (χ4v) is 2.62. The van der Waals surface area contributed by atoms with E-state index in [9.17, 15) is 9.59 Å². The van der Waals surface area contributed by atoms with E-state index in [1.807, 2.05) is 31.7 Å². The highest BCUT2D eigenvalue weighted by Gasteiger charge is 2.28. The molecule has 0 aliphatic carbocycles. The number of piperidine rings is 1. The van der Waals surface area contributed by atoms with Gasteiger partial charge in [-0.25, -0.2) is 4.79 Å². The highest BCUT2D eigenvalue weighted by atomic mass is 16.4. The highest BCUT2D eigenvalue weighted by Crippen LogP contribution is 2.25. The molecule has 122 valence electrons. The van der Waals surface area contributed by atoms with Crippen molar-refractivity contribution in [1.82, 2.24) is 20.0 Å². The van der Waals surface area contributed by atoms with Gasteiger partial charge >= 0.3 is 12.0 Å². The van der Waals surface area contributed by atoms with Gasteiger partial charge in [-0.2, -0.15) is 5.10 Å². The first kappa shape index (κ1) is 16.3. The van der Waals surface area contributed by atoms with Gasteiger partial charge in [0.25, 0.3) is 0 Å². The van der Waals surface area contributed by atoms with E-state index >= 15 is 0 Å². The lowest BCUT2D eigenvalue weighted by Gasteiger charge is -2.34. The van der Waals surface area contributed by atoms with Crippen molar-refractivity contribution in [2.75, 3.05) is 13.1 Å². The summed E-state index contributed by atoms with van der Waals surface area (Å²) in [5.41, 5.74) is 0.599. The first-order chi connectivity index (χ1) is 10.2. The number of aliphatic carboxylic acids is 1. The van der Waals surface area contributed by atoms with Gasteiger partial charge in [0, 0.05) is 30.7 Å². The van der Waals surface area contributed by atoms with Gasteiger partial charge in [-0.3, -0.25) is 9.48 Å². The number of carbonyl (C=O) groups is 2. The van der Waals surface area contributed by atoms with Crippen LogP contribution in [0.3, 0.4) is 0 Å². The molecular formula is C15H24N4O3. The van der Waals surface area contributed by atoms with Gasteiger partial charge in [0.15, 0.2) is 0 Å².